The number of nitrogens with two attached hydrogens (primary N) is 1. The second-order valence-electron chi connectivity index (χ2n) is 3.68. The van der Waals surface area contributed by atoms with E-state index in [1.807, 2.05) is 0 Å². The first-order valence-electron chi connectivity index (χ1n) is 4.76. The zero-order chi connectivity index (χ0) is 10.4. The SMILES string of the molecule is CN(C)Cc1cccc(CCON)c1. The maximum Gasteiger partial charge on any atom is 0.0719 e. The van der Waals surface area contributed by atoms with E-state index in [2.05, 4.69) is 48.1 Å². The minimum Gasteiger partial charge on any atom is -0.305 e. The molecule has 0 aromatic heterocycles. The van der Waals surface area contributed by atoms with Gasteiger partial charge in [-0.15, -0.1) is 0 Å². The lowest BCUT2D eigenvalue weighted by Gasteiger charge is -2.10. The van der Waals surface area contributed by atoms with Gasteiger partial charge < -0.3 is 9.74 Å². The average Bonchev–Trinajstić information content (AvgIpc) is 2.14. The first-order valence-corrected chi connectivity index (χ1v) is 4.76. The number of hydrogen-bond acceptors (Lipinski definition) is 3. The molecule has 0 heterocycles. The van der Waals surface area contributed by atoms with E-state index >= 15 is 0 Å². The molecule has 0 aliphatic carbocycles. The van der Waals surface area contributed by atoms with Crippen molar-refractivity contribution in [3.8, 4) is 0 Å². The third-order valence-electron chi connectivity index (χ3n) is 2.00. The van der Waals surface area contributed by atoms with Crippen molar-refractivity contribution in [2.75, 3.05) is 20.7 Å². The summed E-state index contributed by atoms with van der Waals surface area (Å²) in [4.78, 5) is 6.71. The Kier molecular flexibility index (Phi) is 4.59. The molecule has 0 aliphatic heterocycles. The molecule has 3 nitrogen and oxygen atoms in total. The third kappa shape index (κ3) is 3.87. The molecule has 0 spiro atoms. The molecule has 0 fully saturated rings. The molecule has 0 amide bonds. The molecule has 0 bridgehead atoms. The van der Waals surface area contributed by atoms with Gasteiger partial charge in [0, 0.05) is 6.54 Å². The Bertz CT molecular complexity index is 274. The molecule has 1 aromatic rings. The van der Waals surface area contributed by atoms with Gasteiger partial charge in [0.25, 0.3) is 0 Å². The van der Waals surface area contributed by atoms with Crippen molar-refractivity contribution in [2.45, 2.75) is 13.0 Å². The smallest absolute Gasteiger partial charge is 0.0719 e. The normalized spacial score (nSPS) is 10.9. The van der Waals surface area contributed by atoms with Gasteiger partial charge in [-0.25, -0.2) is 5.90 Å². The number of benzene rings is 1. The molecular weight excluding hydrogens is 176 g/mol. The summed E-state index contributed by atoms with van der Waals surface area (Å²) in [7, 11) is 4.13. The molecule has 0 saturated heterocycles. The molecule has 78 valence electrons. The number of nitrogens with zero attached hydrogens (tertiary/aromatic N) is 1. The molecule has 14 heavy (non-hydrogen) atoms. The highest BCUT2D eigenvalue weighted by Crippen LogP contribution is 2.07. The van der Waals surface area contributed by atoms with Crippen LogP contribution in [-0.4, -0.2) is 25.6 Å². The van der Waals surface area contributed by atoms with Crippen LogP contribution in [0.3, 0.4) is 0 Å². The van der Waals surface area contributed by atoms with Crippen molar-refractivity contribution in [2.24, 2.45) is 5.90 Å². The van der Waals surface area contributed by atoms with Crippen LogP contribution in [0, 0.1) is 0 Å². The van der Waals surface area contributed by atoms with Crippen molar-refractivity contribution < 1.29 is 4.84 Å². The number of hydrogen-bond donors (Lipinski definition) is 1. The summed E-state index contributed by atoms with van der Waals surface area (Å²) in [5, 5.41) is 0. The lowest BCUT2D eigenvalue weighted by molar-refractivity contribution is 0.141. The Morgan fingerprint density at radius 3 is 2.64 bits per heavy atom. The molecule has 0 aliphatic rings. The van der Waals surface area contributed by atoms with Crippen LogP contribution in [-0.2, 0) is 17.8 Å². The summed E-state index contributed by atoms with van der Waals surface area (Å²) in [6, 6.07) is 8.49. The molecule has 0 atom stereocenters. The summed E-state index contributed by atoms with van der Waals surface area (Å²) in [6.07, 6.45) is 0.873. The molecule has 2 N–H and O–H groups in total. The number of rotatable bonds is 5. The summed E-state index contributed by atoms with van der Waals surface area (Å²) < 4.78 is 0. The second-order valence-corrected chi connectivity index (χ2v) is 3.68. The van der Waals surface area contributed by atoms with Crippen LogP contribution in [0.4, 0.5) is 0 Å². The maximum absolute atomic E-state index is 4.99. The Morgan fingerprint density at radius 1 is 1.29 bits per heavy atom. The summed E-state index contributed by atoms with van der Waals surface area (Å²) in [6.45, 7) is 1.54. The zero-order valence-corrected chi connectivity index (χ0v) is 8.86. The van der Waals surface area contributed by atoms with E-state index in [4.69, 9.17) is 5.90 Å². The van der Waals surface area contributed by atoms with Gasteiger partial charge in [-0.3, -0.25) is 0 Å². The van der Waals surface area contributed by atoms with Crippen LogP contribution < -0.4 is 5.90 Å². The van der Waals surface area contributed by atoms with Gasteiger partial charge in [-0.05, 0) is 31.6 Å². The maximum atomic E-state index is 4.99. The fourth-order valence-corrected chi connectivity index (χ4v) is 1.43. The highest BCUT2D eigenvalue weighted by molar-refractivity contribution is 5.23. The molecule has 1 aromatic carbocycles. The molecule has 0 radical (unpaired) electrons. The Balaban J connectivity index is 2.59. The summed E-state index contributed by atoms with van der Waals surface area (Å²) in [5.41, 5.74) is 2.60. The van der Waals surface area contributed by atoms with Crippen LogP contribution in [0.25, 0.3) is 0 Å². The minimum absolute atomic E-state index is 0.575. The van der Waals surface area contributed by atoms with Crippen molar-refractivity contribution in [3.63, 3.8) is 0 Å². The highest BCUT2D eigenvalue weighted by Gasteiger charge is 1.97. The first-order chi connectivity index (χ1) is 6.72. The molecule has 1 rings (SSSR count). The Hall–Kier alpha value is -0.900. The van der Waals surface area contributed by atoms with E-state index in [-0.39, 0.29) is 0 Å². The van der Waals surface area contributed by atoms with E-state index in [1.165, 1.54) is 11.1 Å². The molecule has 3 heteroatoms. The quantitative estimate of drug-likeness (QED) is 0.715. The van der Waals surface area contributed by atoms with Crippen LogP contribution in [0.15, 0.2) is 24.3 Å². The standard InChI is InChI=1S/C11H18N2O/c1-13(2)9-11-5-3-4-10(8-11)6-7-14-12/h3-5,8H,6-7,9,12H2,1-2H3. The van der Waals surface area contributed by atoms with Crippen LogP contribution in [0.1, 0.15) is 11.1 Å². The summed E-state index contributed by atoms with van der Waals surface area (Å²) >= 11 is 0. The van der Waals surface area contributed by atoms with E-state index in [0.717, 1.165) is 13.0 Å². The van der Waals surface area contributed by atoms with E-state index in [0.29, 0.717) is 6.61 Å². The van der Waals surface area contributed by atoms with E-state index < -0.39 is 0 Å². The van der Waals surface area contributed by atoms with Crippen LogP contribution >= 0.6 is 0 Å². The predicted molar refractivity (Wildman–Crippen MR) is 57.7 cm³/mol. The highest BCUT2D eigenvalue weighted by atomic mass is 16.6. The Morgan fingerprint density at radius 2 is 2.00 bits per heavy atom. The lowest BCUT2D eigenvalue weighted by atomic mass is 10.1. The van der Waals surface area contributed by atoms with Crippen molar-refractivity contribution in [1.82, 2.24) is 4.90 Å². The Labute approximate surface area is 85.4 Å². The first kappa shape index (κ1) is 11.2. The third-order valence-corrected chi connectivity index (χ3v) is 2.00. The summed E-state index contributed by atoms with van der Waals surface area (Å²) in [5.74, 6) is 4.99. The van der Waals surface area contributed by atoms with Gasteiger partial charge in [0.05, 0.1) is 6.61 Å². The van der Waals surface area contributed by atoms with Gasteiger partial charge in [0.1, 0.15) is 0 Å². The van der Waals surface area contributed by atoms with Gasteiger partial charge in [-0.2, -0.15) is 0 Å². The van der Waals surface area contributed by atoms with Crippen LogP contribution in [0.2, 0.25) is 0 Å². The fourth-order valence-electron chi connectivity index (χ4n) is 1.43. The largest absolute Gasteiger partial charge is 0.305 e. The van der Waals surface area contributed by atoms with Gasteiger partial charge in [0.15, 0.2) is 0 Å². The van der Waals surface area contributed by atoms with Gasteiger partial charge in [0.2, 0.25) is 0 Å². The van der Waals surface area contributed by atoms with E-state index in [9.17, 15) is 0 Å². The van der Waals surface area contributed by atoms with Crippen LogP contribution in [0.5, 0.6) is 0 Å². The van der Waals surface area contributed by atoms with Crippen molar-refractivity contribution in [3.05, 3.63) is 35.4 Å². The van der Waals surface area contributed by atoms with Crippen molar-refractivity contribution in [1.29, 1.82) is 0 Å². The predicted octanol–water partition coefficient (Wildman–Crippen LogP) is 1.18. The average molecular weight is 194 g/mol. The van der Waals surface area contributed by atoms with E-state index in [1.54, 1.807) is 0 Å². The van der Waals surface area contributed by atoms with Crippen molar-refractivity contribution >= 4 is 0 Å². The van der Waals surface area contributed by atoms with Gasteiger partial charge in [-0.1, -0.05) is 24.3 Å². The fraction of sp³-hybridized carbons (Fsp3) is 0.455. The topological polar surface area (TPSA) is 38.5 Å². The lowest BCUT2D eigenvalue weighted by Crippen LogP contribution is -2.11. The molecule has 0 saturated carbocycles. The molecule has 0 unspecified atom stereocenters. The van der Waals surface area contributed by atoms with Gasteiger partial charge >= 0.3 is 0 Å². The second kappa shape index (κ2) is 5.75. The monoisotopic (exact) mass is 194 g/mol. The molecular formula is C11H18N2O. The minimum atomic E-state index is 0.575. The zero-order valence-electron chi connectivity index (χ0n) is 8.86.